The van der Waals surface area contributed by atoms with Gasteiger partial charge in [-0.15, -0.1) is 0 Å². The molecule has 2 N–H and O–H groups in total. The second kappa shape index (κ2) is 6.37. The van der Waals surface area contributed by atoms with Crippen molar-refractivity contribution >= 4 is 28.8 Å². The largest absolute Gasteiger partial charge is 0.355 e. The maximum Gasteiger partial charge on any atom is 0.171 e. The summed E-state index contributed by atoms with van der Waals surface area (Å²) in [6.45, 7) is 9.05. The Balaban J connectivity index is 1.92. The molecule has 0 aromatic heterocycles. The lowest BCUT2D eigenvalue weighted by Crippen LogP contribution is -2.45. The molecule has 1 aliphatic carbocycles. The smallest absolute Gasteiger partial charge is 0.171 e. The summed E-state index contributed by atoms with van der Waals surface area (Å²) < 4.78 is 0. The van der Waals surface area contributed by atoms with E-state index in [-0.39, 0.29) is 23.2 Å². The van der Waals surface area contributed by atoms with E-state index in [2.05, 4.69) is 38.3 Å². The second-order valence-electron chi connectivity index (χ2n) is 7.09. The Bertz CT molecular complexity index is 555. The molecule has 0 saturated heterocycles. The quantitative estimate of drug-likeness (QED) is 0.823. The lowest BCUT2D eigenvalue weighted by molar-refractivity contribution is -0.132. The van der Waals surface area contributed by atoms with Crippen molar-refractivity contribution in [2.24, 2.45) is 16.7 Å². The number of carbonyl (C=O) groups excluding carboxylic acids is 1. The van der Waals surface area contributed by atoms with Crippen molar-refractivity contribution in [3.8, 4) is 0 Å². The van der Waals surface area contributed by atoms with E-state index in [4.69, 9.17) is 12.2 Å². The van der Waals surface area contributed by atoms with Crippen LogP contribution in [-0.2, 0) is 4.79 Å². The van der Waals surface area contributed by atoms with Crippen LogP contribution in [-0.4, -0.2) is 17.4 Å². The van der Waals surface area contributed by atoms with Gasteiger partial charge in [0.1, 0.15) is 0 Å². The molecular formula is C18H26N2OS. The number of Topliss-reactive ketones (excluding diaryl/α,β-unsaturated/α-hetero) is 1. The average Bonchev–Trinajstić information content (AvgIpc) is 2.70. The number of para-hydroxylation sites is 1. The number of nitrogens with one attached hydrogen (secondary N) is 2. The van der Waals surface area contributed by atoms with Gasteiger partial charge in [-0.25, -0.2) is 0 Å². The zero-order chi connectivity index (χ0) is 16.4. The molecule has 0 spiro atoms. The van der Waals surface area contributed by atoms with Gasteiger partial charge >= 0.3 is 0 Å². The van der Waals surface area contributed by atoms with Gasteiger partial charge in [-0.05, 0) is 48.5 Å². The summed E-state index contributed by atoms with van der Waals surface area (Å²) in [6, 6.07) is 9.73. The number of benzene rings is 1. The first-order valence-corrected chi connectivity index (χ1v) is 8.31. The van der Waals surface area contributed by atoms with Crippen molar-refractivity contribution in [1.29, 1.82) is 0 Å². The van der Waals surface area contributed by atoms with Crippen molar-refractivity contribution in [3.05, 3.63) is 30.3 Å². The van der Waals surface area contributed by atoms with E-state index in [0.717, 1.165) is 18.5 Å². The second-order valence-corrected chi connectivity index (χ2v) is 7.50. The fraction of sp³-hybridized carbons (Fsp3) is 0.556. The molecule has 1 aliphatic rings. The van der Waals surface area contributed by atoms with E-state index < -0.39 is 0 Å². The molecule has 22 heavy (non-hydrogen) atoms. The normalized spacial score (nSPS) is 26.5. The van der Waals surface area contributed by atoms with E-state index >= 15 is 0 Å². The Kier molecular flexibility index (Phi) is 4.90. The van der Waals surface area contributed by atoms with Crippen LogP contribution in [0.5, 0.6) is 0 Å². The lowest BCUT2D eigenvalue weighted by Gasteiger charge is -2.39. The number of carbonyl (C=O) groups is 1. The highest BCUT2D eigenvalue weighted by Gasteiger charge is 2.53. The third kappa shape index (κ3) is 3.17. The molecule has 1 aromatic carbocycles. The summed E-state index contributed by atoms with van der Waals surface area (Å²) in [7, 11) is 0. The molecule has 3 nitrogen and oxygen atoms in total. The van der Waals surface area contributed by atoms with Gasteiger partial charge in [0.15, 0.2) is 10.9 Å². The van der Waals surface area contributed by atoms with Crippen molar-refractivity contribution < 1.29 is 4.79 Å². The average molecular weight is 318 g/mol. The SMILES string of the molecule is C[C@@H]1CC[C@@](C)(C(=O)CNC(=S)Nc2ccccc2)C1(C)C. The first kappa shape index (κ1) is 16.9. The first-order valence-electron chi connectivity index (χ1n) is 7.90. The molecule has 0 amide bonds. The first-order chi connectivity index (χ1) is 10.3. The van der Waals surface area contributed by atoms with Gasteiger partial charge in [0.05, 0.1) is 6.54 Å². The van der Waals surface area contributed by atoms with E-state index in [1.807, 2.05) is 30.3 Å². The number of ketones is 1. The summed E-state index contributed by atoms with van der Waals surface area (Å²) in [5.41, 5.74) is 0.677. The van der Waals surface area contributed by atoms with Crippen LogP contribution in [0, 0.1) is 16.7 Å². The highest BCUT2D eigenvalue weighted by Crippen LogP contribution is 2.56. The molecule has 1 aromatic rings. The maximum atomic E-state index is 12.7. The van der Waals surface area contributed by atoms with E-state index in [9.17, 15) is 4.79 Å². The van der Waals surface area contributed by atoms with Gasteiger partial charge in [0.25, 0.3) is 0 Å². The third-order valence-corrected chi connectivity index (χ3v) is 6.03. The van der Waals surface area contributed by atoms with Crippen LogP contribution in [0.2, 0.25) is 0 Å². The minimum absolute atomic E-state index is 0.0280. The van der Waals surface area contributed by atoms with Crippen LogP contribution < -0.4 is 10.6 Å². The molecule has 1 fully saturated rings. The summed E-state index contributed by atoms with van der Waals surface area (Å²) in [5.74, 6) is 0.815. The number of anilines is 1. The predicted octanol–water partition coefficient (Wildman–Crippen LogP) is 4.00. The number of thiocarbonyl (C=S) groups is 1. The Morgan fingerprint density at radius 3 is 2.45 bits per heavy atom. The molecule has 0 bridgehead atoms. The van der Waals surface area contributed by atoms with Crippen molar-refractivity contribution in [2.45, 2.75) is 40.5 Å². The van der Waals surface area contributed by atoms with Crippen LogP contribution >= 0.6 is 12.2 Å². The molecule has 120 valence electrons. The zero-order valence-electron chi connectivity index (χ0n) is 13.9. The van der Waals surface area contributed by atoms with Crippen molar-refractivity contribution in [2.75, 3.05) is 11.9 Å². The van der Waals surface area contributed by atoms with Gasteiger partial charge < -0.3 is 10.6 Å². The third-order valence-electron chi connectivity index (χ3n) is 5.79. The van der Waals surface area contributed by atoms with Crippen molar-refractivity contribution in [1.82, 2.24) is 5.32 Å². The molecule has 4 heteroatoms. The molecule has 0 aliphatic heterocycles. The van der Waals surface area contributed by atoms with Crippen LogP contribution in [0.25, 0.3) is 0 Å². The molecule has 0 radical (unpaired) electrons. The van der Waals surface area contributed by atoms with Gasteiger partial charge in [0, 0.05) is 11.1 Å². The number of rotatable bonds is 4. The highest BCUT2D eigenvalue weighted by molar-refractivity contribution is 7.80. The van der Waals surface area contributed by atoms with Gasteiger partial charge in [-0.2, -0.15) is 0 Å². The van der Waals surface area contributed by atoms with E-state index in [0.29, 0.717) is 11.0 Å². The summed E-state index contributed by atoms with van der Waals surface area (Å²) in [4.78, 5) is 12.7. The van der Waals surface area contributed by atoms with Gasteiger partial charge in [-0.3, -0.25) is 4.79 Å². The summed E-state index contributed by atoms with van der Waals surface area (Å²) in [5, 5.41) is 6.65. The van der Waals surface area contributed by atoms with E-state index in [1.165, 1.54) is 0 Å². The number of hydrogen-bond acceptors (Lipinski definition) is 2. The minimum atomic E-state index is -0.276. The molecule has 1 saturated carbocycles. The van der Waals surface area contributed by atoms with E-state index in [1.54, 1.807) is 0 Å². The lowest BCUT2D eigenvalue weighted by atomic mass is 9.64. The summed E-state index contributed by atoms with van der Waals surface area (Å²) >= 11 is 5.27. The van der Waals surface area contributed by atoms with Gasteiger partial charge in [-0.1, -0.05) is 45.9 Å². The monoisotopic (exact) mass is 318 g/mol. The Hall–Kier alpha value is -1.42. The Morgan fingerprint density at radius 2 is 1.91 bits per heavy atom. The van der Waals surface area contributed by atoms with Gasteiger partial charge in [0.2, 0.25) is 0 Å². The maximum absolute atomic E-state index is 12.7. The molecule has 2 atom stereocenters. The summed E-state index contributed by atoms with van der Waals surface area (Å²) in [6.07, 6.45) is 2.07. The minimum Gasteiger partial charge on any atom is -0.355 e. The highest BCUT2D eigenvalue weighted by atomic mass is 32.1. The van der Waals surface area contributed by atoms with Crippen LogP contribution in [0.1, 0.15) is 40.5 Å². The topological polar surface area (TPSA) is 41.1 Å². The standard InChI is InChI=1S/C18H26N2OS/c1-13-10-11-18(4,17(13,2)3)15(21)12-19-16(22)20-14-8-6-5-7-9-14/h5-9,13H,10-12H2,1-4H3,(H2,19,20,22)/t13-,18+/m1/s1. The fourth-order valence-electron chi connectivity index (χ4n) is 3.28. The fourth-order valence-corrected chi connectivity index (χ4v) is 3.47. The molecule has 0 unspecified atom stereocenters. The molecule has 0 heterocycles. The number of hydrogen-bond donors (Lipinski definition) is 2. The van der Waals surface area contributed by atoms with Crippen LogP contribution in [0.15, 0.2) is 30.3 Å². The van der Waals surface area contributed by atoms with Crippen LogP contribution in [0.3, 0.4) is 0 Å². The van der Waals surface area contributed by atoms with Crippen LogP contribution in [0.4, 0.5) is 5.69 Å². The molecule has 2 rings (SSSR count). The Labute approximate surface area is 138 Å². The zero-order valence-corrected chi connectivity index (χ0v) is 14.7. The molecular weight excluding hydrogens is 292 g/mol. The Morgan fingerprint density at radius 1 is 1.27 bits per heavy atom. The van der Waals surface area contributed by atoms with Crippen molar-refractivity contribution in [3.63, 3.8) is 0 Å². The predicted molar refractivity (Wildman–Crippen MR) is 96.0 cm³/mol.